The molecule has 114 valence electrons. The van der Waals surface area contributed by atoms with Crippen molar-refractivity contribution < 1.29 is 14.3 Å². The Balaban J connectivity index is 2.46. The quantitative estimate of drug-likeness (QED) is 0.579. The number of aryl methyl sites for hydroxylation is 1. The van der Waals surface area contributed by atoms with E-state index in [1.54, 1.807) is 17.8 Å². The van der Waals surface area contributed by atoms with Crippen LogP contribution < -0.4 is 4.74 Å². The Bertz CT molecular complexity index is 622. The van der Waals surface area contributed by atoms with Gasteiger partial charge in [-0.05, 0) is 20.3 Å². The van der Waals surface area contributed by atoms with Crippen molar-refractivity contribution in [2.45, 2.75) is 40.2 Å². The highest BCUT2D eigenvalue weighted by molar-refractivity contribution is 5.98. The molecule has 2 rings (SSSR count). The molecule has 0 amide bonds. The first-order valence-electron chi connectivity index (χ1n) is 7.37. The van der Waals surface area contributed by atoms with Gasteiger partial charge in [0.2, 0.25) is 0 Å². The Morgan fingerprint density at radius 3 is 2.76 bits per heavy atom. The van der Waals surface area contributed by atoms with Gasteiger partial charge in [-0.15, -0.1) is 0 Å². The molecule has 0 fully saturated rings. The highest BCUT2D eigenvalue weighted by atomic mass is 16.5. The van der Waals surface area contributed by atoms with E-state index in [0.29, 0.717) is 31.1 Å². The van der Waals surface area contributed by atoms with Crippen LogP contribution in [0, 0.1) is 0 Å². The summed E-state index contributed by atoms with van der Waals surface area (Å²) in [5.74, 6) is 0.106. The van der Waals surface area contributed by atoms with Crippen LogP contribution in [0.1, 0.15) is 44.0 Å². The van der Waals surface area contributed by atoms with Crippen LogP contribution in [0.4, 0.5) is 0 Å². The second kappa shape index (κ2) is 7.06. The summed E-state index contributed by atoms with van der Waals surface area (Å²) in [6, 6.07) is 0. The number of rotatable bonds is 7. The maximum atomic E-state index is 12.0. The Morgan fingerprint density at radius 2 is 2.10 bits per heavy atom. The molecule has 2 aromatic rings. The Kier molecular flexibility index (Phi) is 5.14. The minimum atomic E-state index is -0.414. The van der Waals surface area contributed by atoms with Gasteiger partial charge < -0.3 is 9.47 Å². The van der Waals surface area contributed by atoms with Crippen molar-refractivity contribution >= 4 is 17.0 Å². The van der Waals surface area contributed by atoms with Gasteiger partial charge in [-0.1, -0.05) is 13.3 Å². The number of carbonyl (C=O) groups excluding carboxylic acids is 1. The van der Waals surface area contributed by atoms with E-state index >= 15 is 0 Å². The average Bonchev–Trinajstić information content (AvgIpc) is 2.91. The summed E-state index contributed by atoms with van der Waals surface area (Å²) in [5.41, 5.74) is 1.08. The lowest BCUT2D eigenvalue weighted by atomic mass is 10.2. The van der Waals surface area contributed by atoms with E-state index in [0.717, 1.165) is 23.9 Å². The number of pyridine rings is 1. The van der Waals surface area contributed by atoms with Crippen LogP contribution >= 0.6 is 0 Å². The zero-order valence-electron chi connectivity index (χ0n) is 12.8. The first kappa shape index (κ1) is 15.3. The molecule has 0 saturated carbocycles. The number of esters is 1. The van der Waals surface area contributed by atoms with Crippen LogP contribution in [-0.4, -0.2) is 33.9 Å². The molecule has 0 saturated heterocycles. The first-order chi connectivity index (χ1) is 10.2. The summed E-state index contributed by atoms with van der Waals surface area (Å²) in [6.07, 6.45) is 5.15. The molecule has 6 nitrogen and oxygen atoms in total. The van der Waals surface area contributed by atoms with Crippen molar-refractivity contribution in [3.63, 3.8) is 0 Å². The zero-order chi connectivity index (χ0) is 15.2. The van der Waals surface area contributed by atoms with E-state index in [1.807, 2.05) is 6.92 Å². The maximum absolute atomic E-state index is 12.0. The van der Waals surface area contributed by atoms with Crippen LogP contribution in [0.15, 0.2) is 12.4 Å². The molecule has 0 radical (unpaired) electrons. The molecular weight excluding hydrogens is 270 g/mol. The van der Waals surface area contributed by atoms with Crippen LogP contribution in [-0.2, 0) is 11.3 Å². The van der Waals surface area contributed by atoms with Gasteiger partial charge in [0, 0.05) is 12.7 Å². The van der Waals surface area contributed by atoms with Crippen molar-refractivity contribution in [3.8, 4) is 5.75 Å². The highest BCUT2D eigenvalue weighted by Gasteiger charge is 2.20. The number of fused-ring (bicyclic) bond motifs is 1. The Hall–Kier alpha value is -2.11. The van der Waals surface area contributed by atoms with E-state index in [1.165, 1.54) is 6.20 Å². The first-order valence-corrected chi connectivity index (χ1v) is 7.37. The molecule has 0 aliphatic heterocycles. The van der Waals surface area contributed by atoms with E-state index in [-0.39, 0.29) is 0 Å². The molecule has 0 atom stereocenters. The predicted molar refractivity (Wildman–Crippen MR) is 79.6 cm³/mol. The third-order valence-electron chi connectivity index (χ3n) is 3.16. The molecule has 0 aromatic carbocycles. The lowest BCUT2D eigenvalue weighted by Crippen LogP contribution is -2.10. The van der Waals surface area contributed by atoms with Crippen molar-refractivity contribution in [3.05, 3.63) is 18.0 Å². The molecule has 0 aliphatic rings. The largest absolute Gasteiger partial charge is 0.492 e. The maximum Gasteiger partial charge on any atom is 0.343 e. The molecule has 0 N–H and O–H groups in total. The Morgan fingerprint density at radius 1 is 1.29 bits per heavy atom. The fourth-order valence-electron chi connectivity index (χ4n) is 2.06. The fraction of sp³-hybridized carbons (Fsp3) is 0.533. The number of aromatic nitrogens is 3. The van der Waals surface area contributed by atoms with Crippen molar-refractivity contribution in [1.29, 1.82) is 0 Å². The smallest absolute Gasteiger partial charge is 0.343 e. The number of hydrogen-bond donors (Lipinski definition) is 0. The van der Waals surface area contributed by atoms with Gasteiger partial charge in [-0.3, -0.25) is 0 Å². The topological polar surface area (TPSA) is 66.2 Å². The van der Waals surface area contributed by atoms with Crippen molar-refractivity contribution in [2.24, 2.45) is 0 Å². The minimum Gasteiger partial charge on any atom is -0.492 e. The summed E-state index contributed by atoms with van der Waals surface area (Å²) in [4.78, 5) is 16.4. The van der Waals surface area contributed by atoms with E-state index < -0.39 is 5.97 Å². The molecule has 0 unspecified atom stereocenters. The number of carbonyl (C=O) groups is 1. The van der Waals surface area contributed by atoms with E-state index in [4.69, 9.17) is 9.47 Å². The summed E-state index contributed by atoms with van der Waals surface area (Å²) in [6.45, 7) is 7.44. The van der Waals surface area contributed by atoms with Gasteiger partial charge in [0.05, 0.1) is 24.8 Å². The standard InChI is InChI=1S/C15H21N3O3/c1-4-7-8-21-13-11-10-17-18(5-2)14(11)16-9-12(13)15(19)20-6-3/h9-10H,4-8H2,1-3H3. The lowest BCUT2D eigenvalue weighted by molar-refractivity contribution is 0.0521. The molecule has 0 bridgehead atoms. The summed E-state index contributed by atoms with van der Waals surface area (Å²) in [7, 11) is 0. The number of unbranched alkanes of at least 4 members (excludes halogenated alkanes) is 1. The normalized spacial score (nSPS) is 10.8. The second-order valence-corrected chi connectivity index (χ2v) is 4.62. The van der Waals surface area contributed by atoms with Gasteiger partial charge in [-0.2, -0.15) is 5.10 Å². The number of nitrogens with zero attached hydrogens (tertiary/aromatic N) is 3. The molecule has 2 heterocycles. The Labute approximate surface area is 124 Å². The van der Waals surface area contributed by atoms with Crippen LogP contribution in [0.25, 0.3) is 11.0 Å². The molecule has 0 aliphatic carbocycles. The summed E-state index contributed by atoms with van der Waals surface area (Å²) >= 11 is 0. The van der Waals surface area contributed by atoms with E-state index in [2.05, 4.69) is 17.0 Å². The number of hydrogen-bond acceptors (Lipinski definition) is 5. The molecule has 6 heteroatoms. The van der Waals surface area contributed by atoms with Crippen LogP contribution in [0.5, 0.6) is 5.75 Å². The molecule has 0 spiro atoms. The van der Waals surface area contributed by atoms with Gasteiger partial charge in [0.1, 0.15) is 11.3 Å². The summed E-state index contributed by atoms with van der Waals surface area (Å²) in [5, 5.41) is 5.02. The van der Waals surface area contributed by atoms with Crippen molar-refractivity contribution in [2.75, 3.05) is 13.2 Å². The zero-order valence-corrected chi connectivity index (χ0v) is 12.8. The van der Waals surface area contributed by atoms with E-state index in [9.17, 15) is 4.79 Å². The number of ether oxygens (including phenoxy) is 2. The molecular formula is C15H21N3O3. The minimum absolute atomic E-state index is 0.319. The van der Waals surface area contributed by atoms with Gasteiger partial charge in [0.15, 0.2) is 5.65 Å². The van der Waals surface area contributed by atoms with Crippen LogP contribution in [0.3, 0.4) is 0 Å². The average molecular weight is 291 g/mol. The third kappa shape index (κ3) is 3.15. The van der Waals surface area contributed by atoms with Gasteiger partial charge in [0.25, 0.3) is 0 Å². The molecule has 21 heavy (non-hydrogen) atoms. The van der Waals surface area contributed by atoms with Crippen LogP contribution in [0.2, 0.25) is 0 Å². The fourth-order valence-corrected chi connectivity index (χ4v) is 2.06. The summed E-state index contributed by atoms with van der Waals surface area (Å²) < 4.78 is 12.7. The highest BCUT2D eigenvalue weighted by Crippen LogP contribution is 2.29. The monoisotopic (exact) mass is 291 g/mol. The predicted octanol–water partition coefficient (Wildman–Crippen LogP) is 2.81. The van der Waals surface area contributed by atoms with Gasteiger partial charge in [-0.25, -0.2) is 14.5 Å². The lowest BCUT2D eigenvalue weighted by Gasteiger charge is -2.11. The SMILES string of the molecule is CCCCOc1c(C(=O)OCC)cnc2c1cnn2CC. The molecule has 2 aromatic heterocycles. The van der Waals surface area contributed by atoms with Gasteiger partial charge >= 0.3 is 5.97 Å². The third-order valence-corrected chi connectivity index (χ3v) is 3.16. The van der Waals surface area contributed by atoms with Crippen molar-refractivity contribution in [1.82, 2.24) is 14.8 Å². The second-order valence-electron chi connectivity index (χ2n) is 4.62.